The molecule has 0 amide bonds. The molecule has 0 bridgehead atoms. The van der Waals surface area contributed by atoms with Crippen LogP contribution in [-0.4, -0.2) is 25.5 Å². The van der Waals surface area contributed by atoms with Crippen LogP contribution in [0.4, 0.5) is 0 Å². The van der Waals surface area contributed by atoms with E-state index in [4.69, 9.17) is 0 Å². The van der Waals surface area contributed by atoms with Crippen molar-refractivity contribution in [1.82, 2.24) is 4.90 Å². The summed E-state index contributed by atoms with van der Waals surface area (Å²) in [5.41, 5.74) is 0. The van der Waals surface area contributed by atoms with Crippen LogP contribution in [0.15, 0.2) is 0 Å². The number of hydrogen-bond donors (Lipinski definition) is 0. The summed E-state index contributed by atoms with van der Waals surface area (Å²) in [5.74, 6) is 0. The van der Waals surface area contributed by atoms with Crippen molar-refractivity contribution >= 4 is 0 Å². The molecule has 1 heteroatoms. The Kier molecular flexibility index (Phi) is 24.0. The maximum Gasteiger partial charge on any atom is -0.00248 e. The molecule has 0 aliphatic carbocycles. The summed E-state index contributed by atoms with van der Waals surface area (Å²) in [7, 11) is 4.36. The van der Waals surface area contributed by atoms with Gasteiger partial charge in [-0.1, -0.05) is 142 Å². The largest absolute Gasteiger partial charge is 0.309 e. The molecule has 0 rings (SSSR count). The fourth-order valence-corrected chi connectivity index (χ4v) is 4.04. The Hall–Kier alpha value is -0.0400. The fraction of sp³-hybridized carbons (Fsp3) is 1.00. The van der Waals surface area contributed by atoms with Gasteiger partial charge in [-0.15, -0.1) is 0 Å². The van der Waals surface area contributed by atoms with Crippen LogP contribution in [0, 0.1) is 0 Å². The van der Waals surface area contributed by atoms with Crippen LogP contribution >= 0.6 is 0 Å². The van der Waals surface area contributed by atoms with Crippen molar-refractivity contribution in [2.45, 2.75) is 148 Å². The first kappa shape index (κ1) is 27.0. The summed E-state index contributed by atoms with van der Waals surface area (Å²) in [6, 6.07) is 0. The summed E-state index contributed by atoms with van der Waals surface area (Å²) in [6.45, 7) is 3.57. The molecule has 0 spiro atoms. The van der Waals surface area contributed by atoms with Crippen molar-refractivity contribution in [3.63, 3.8) is 0 Å². The van der Waals surface area contributed by atoms with Crippen LogP contribution in [0.3, 0.4) is 0 Å². The lowest BCUT2D eigenvalue weighted by Gasteiger charge is -2.08. The predicted molar refractivity (Wildman–Crippen MR) is 126 cm³/mol. The van der Waals surface area contributed by atoms with Crippen LogP contribution in [0.5, 0.6) is 0 Å². The molecule has 164 valence electrons. The molecule has 0 aromatic carbocycles. The lowest BCUT2D eigenvalue weighted by molar-refractivity contribution is 0.389. The van der Waals surface area contributed by atoms with Gasteiger partial charge in [-0.05, 0) is 27.1 Å². The van der Waals surface area contributed by atoms with Crippen molar-refractivity contribution in [2.24, 2.45) is 0 Å². The van der Waals surface area contributed by atoms with Crippen molar-refractivity contribution < 1.29 is 0 Å². The third-order valence-electron chi connectivity index (χ3n) is 5.96. The van der Waals surface area contributed by atoms with Gasteiger partial charge in [-0.3, -0.25) is 0 Å². The number of rotatable bonds is 23. The molecule has 0 saturated carbocycles. The highest BCUT2D eigenvalue weighted by Gasteiger charge is 1.96. The summed E-state index contributed by atoms with van der Waals surface area (Å²) >= 11 is 0. The normalized spacial score (nSPS) is 11.6. The van der Waals surface area contributed by atoms with Crippen LogP contribution in [0.25, 0.3) is 0 Å². The van der Waals surface area contributed by atoms with Gasteiger partial charge in [-0.25, -0.2) is 0 Å². The lowest BCUT2D eigenvalue weighted by Crippen LogP contribution is -2.12. The molecular formula is C26H55N. The standard InChI is InChI=1S/C26H55N/c1-4-5-6-7-8-9-10-11-12-13-14-15-16-17-18-19-20-21-22-23-24-25-26-27(2)3/h4-26H2,1-3H3. The second-order valence-electron chi connectivity index (χ2n) is 9.23. The SMILES string of the molecule is CCCCCCCCCCCCCCCCCCCCCCCCN(C)C. The number of unbranched alkanes of at least 4 members (excludes halogenated alkanes) is 21. The van der Waals surface area contributed by atoms with Gasteiger partial charge in [-0.2, -0.15) is 0 Å². The molecule has 1 nitrogen and oxygen atoms in total. The van der Waals surface area contributed by atoms with Gasteiger partial charge in [0.1, 0.15) is 0 Å². The fourth-order valence-electron chi connectivity index (χ4n) is 4.04. The monoisotopic (exact) mass is 381 g/mol. The van der Waals surface area contributed by atoms with E-state index < -0.39 is 0 Å². The Balaban J connectivity index is 2.97. The van der Waals surface area contributed by atoms with E-state index in [2.05, 4.69) is 25.9 Å². The van der Waals surface area contributed by atoms with Gasteiger partial charge >= 0.3 is 0 Å². The highest BCUT2D eigenvalue weighted by atomic mass is 15.0. The van der Waals surface area contributed by atoms with Gasteiger partial charge in [0.05, 0.1) is 0 Å². The number of nitrogens with zero attached hydrogens (tertiary/aromatic N) is 1. The Morgan fingerprint density at radius 2 is 0.556 bits per heavy atom. The Labute approximate surface area is 174 Å². The first-order valence-corrected chi connectivity index (χ1v) is 12.9. The maximum atomic E-state index is 2.30. The molecule has 0 unspecified atom stereocenters. The van der Waals surface area contributed by atoms with Crippen LogP contribution in [0.1, 0.15) is 148 Å². The van der Waals surface area contributed by atoms with E-state index in [0.29, 0.717) is 0 Å². The molecule has 0 saturated heterocycles. The van der Waals surface area contributed by atoms with Crippen LogP contribution in [0.2, 0.25) is 0 Å². The highest BCUT2D eigenvalue weighted by molar-refractivity contribution is 4.51. The maximum absolute atomic E-state index is 2.30. The minimum atomic E-state index is 1.26. The number of hydrogen-bond acceptors (Lipinski definition) is 1. The van der Waals surface area contributed by atoms with E-state index in [1.165, 1.54) is 148 Å². The molecule has 0 radical (unpaired) electrons. The Bertz CT molecular complexity index is 249. The van der Waals surface area contributed by atoms with E-state index in [1.807, 2.05) is 0 Å². The van der Waals surface area contributed by atoms with Gasteiger partial charge in [0, 0.05) is 0 Å². The minimum absolute atomic E-state index is 1.26. The highest BCUT2D eigenvalue weighted by Crippen LogP contribution is 2.15. The summed E-state index contributed by atoms with van der Waals surface area (Å²) < 4.78 is 0. The van der Waals surface area contributed by atoms with Crippen molar-refractivity contribution in [1.29, 1.82) is 0 Å². The van der Waals surface area contributed by atoms with E-state index in [0.717, 1.165) is 0 Å². The molecule has 0 fully saturated rings. The third-order valence-corrected chi connectivity index (χ3v) is 5.96. The van der Waals surface area contributed by atoms with Crippen molar-refractivity contribution in [3.05, 3.63) is 0 Å². The summed E-state index contributed by atoms with van der Waals surface area (Å²) in [5, 5.41) is 0. The molecule has 0 heterocycles. The first-order chi connectivity index (χ1) is 13.3. The van der Waals surface area contributed by atoms with Gasteiger partial charge < -0.3 is 4.90 Å². The predicted octanol–water partition coefficient (Wildman–Crippen LogP) is 9.15. The molecule has 0 atom stereocenters. The lowest BCUT2D eigenvalue weighted by atomic mass is 10.0. The second kappa shape index (κ2) is 24.0. The Morgan fingerprint density at radius 3 is 0.778 bits per heavy atom. The van der Waals surface area contributed by atoms with Crippen molar-refractivity contribution in [3.8, 4) is 0 Å². The third kappa shape index (κ3) is 26.0. The first-order valence-electron chi connectivity index (χ1n) is 12.9. The minimum Gasteiger partial charge on any atom is -0.309 e. The van der Waals surface area contributed by atoms with E-state index in [-0.39, 0.29) is 0 Å². The zero-order valence-corrected chi connectivity index (χ0v) is 19.7. The van der Waals surface area contributed by atoms with E-state index in [9.17, 15) is 0 Å². The van der Waals surface area contributed by atoms with Gasteiger partial charge in [0.25, 0.3) is 0 Å². The topological polar surface area (TPSA) is 3.24 Å². The van der Waals surface area contributed by atoms with Crippen LogP contribution in [-0.2, 0) is 0 Å². The average molecular weight is 382 g/mol. The van der Waals surface area contributed by atoms with E-state index >= 15 is 0 Å². The molecule has 0 aromatic rings. The van der Waals surface area contributed by atoms with E-state index in [1.54, 1.807) is 0 Å². The van der Waals surface area contributed by atoms with Gasteiger partial charge in [0.15, 0.2) is 0 Å². The molecule has 0 aliphatic heterocycles. The smallest absolute Gasteiger partial charge is 0.00248 e. The quantitative estimate of drug-likeness (QED) is 0.159. The molecular weight excluding hydrogens is 326 g/mol. The Morgan fingerprint density at radius 1 is 0.333 bits per heavy atom. The molecule has 0 aromatic heterocycles. The summed E-state index contributed by atoms with van der Waals surface area (Å²) in [6.07, 6.45) is 32.3. The zero-order valence-electron chi connectivity index (χ0n) is 19.7. The zero-order chi connectivity index (χ0) is 19.8. The average Bonchev–Trinajstić information content (AvgIpc) is 2.65. The van der Waals surface area contributed by atoms with Crippen LogP contribution < -0.4 is 0 Å². The molecule has 0 aliphatic rings. The second-order valence-corrected chi connectivity index (χ2v) is 9.23. The molecule has 0 N–H and O–H groups in total. The summed E-state index contributed by atoms with van der Waals surface area (Å²) in [4.78, 5) is 2.30. The molecule has 27 heavy (non-hydrogen) atoms. The van der Waals surface area contributed by atoms with Crippen molar-refractivity contribution in [2.75, 3.05) is 20.6 Å². The van der Waals surface area contributed by atoms with Gasteiger partial charge in [0.2, 0.25) is 0 Å².